The Balaban J connectivity index is 0.00000272. The molecule has 9 nitrogen and oxygen atoms in total. The second kappa shape index (κ2) is 11.7. The number of ether oxygens (including phenoxy) is 1. The van der Waals surface area contributed by atoms with Crippen LogP contribution >= 0.6 is 11.6 Å². The van der Waals surface area contributed by atoms with E-state index in [9.17, 15) is 13.2 Å². The van der Waals surface area contributed by atoms with Crippen LogP contribution in [-0.2, 0) is 28.4 Å². The van der Waals surface area contributed by atoms with E-state index in [0.717, 1.165) is 12.0 Å². The largest absolute Gasteiger partial charge is 1.00 e. The Bertz CT molecular complexity index is 1030. The van der Waals surface area contributed by atoms with Crippen molar-refractivity contribution in [1.29, 1.82) is 0 Å². The third kappa shape index (κ3) is 7.36. The van der Waals surface area contributed by atoms with Crippen molar-refractivity contribution < 1.29 is 48.9 Å². The SMILES string of the molecule is CC(C)Cc1cc(Cl)cc(NC(=O)NS(=O)(=O)N(c2cnn(C)c2)C2CCOCC2)c1.[H-].[Na+]. The first-order valence-electron chi connectivity index (χ1n) is 10.1. The Morgan fingerprint density at radius 3 is 2.62 bits per heavy atom. The minimum absolute atomic E-state index is 0. The van der Waals surface area contributed by atoms with Crippen LogP contribution in [0.25, 0.3) is 0 Å². The van der Waals surface area contributed by atoms with Gasteiger partial charge in [0.2, 0.25) is 0 Å². The molecule has 2 N–H and O–H groups in total. The summed E-state index contributed by atoms with van der Waals surface area (Å²) >= 11 is 6.17. The molecule has 1 aliphatic rings. The van der Waals surface area contributed by atoms with Crippen LogP contribution in [0.15, 0.2) is 30.6 Å². The number of rotatable bonds is 7. The first-order valence-corrected chi connectivity index (χ1v) is 11.9. The number of nitrogens with one attached hydrogen (secondary N) is 2. The third-order valence-electron chi connectivity index (χ3n) is 4.81. The zero-order valence-electron chi connectivity index (χ0n) is 19.8. The number of hydrogen-bond donors (Lipinski definition) is 2. The summed E-state index contributed by atoms with van der Waals surface area (Å²) in [5, 5.41) is 7.12. The molecule has 32 heavy (non-hydrogen) atoms. The second-order valence-corrected chi connectivity index (χ2v) is 10.0. The smallest absolute Gasteiger partial charge is 1.00 e. The van der Waals surface area contributed by atoms with Crippen LogP contribution in [0, 0.1) is 5.92 Å². The molecular weight excluding hydrogens is 465 g/mol. The molecule has 0 radical (unpaired) electrons. The number of benzene rings is 1. The molecule has 0 unspecified atom stereocenters. The van der Waals surface area contributed by atoms with Crippen molar-refractivity contribution in [2.24, 2.45) is 13.0 Å². The molecule has 172 valence electrons. The van der Waals surface area contributed by atoms with E-state index in [2.05, 4.69) is 29.0 Å². The number of aryl methyl sites for hydroxylation is 1. The van der Waals surface area contributed by atoms with E-state index in [1.807, 2.05) is 6.07 Å². The van der Waals surface area contributed by atoms with Crippen molar-refractivity contribution >= 4 is 39.2 Å². The van der Waals surface area contributed by atoms with Crippen LogP contribution in [0.3, 0.4) is 0 Å². The summed E-state index contributed by atoms with van der Waals surface area (Å²) < 4.78 is 36.5. The maximum absolute atomic E-state index is 13.2. The van der Waals surface area contributed by atoms with Gasteiger partial charge in [-0.15, -0.1) is 0 Å². The van der Waals surface area contributed by atoms with Crippen LogP contribution in [0.5, 0.6) is 0 Å². The first kappa shape index (κ1) is 26.9. The summed E-state index contributed by atoms with van der Waals surface area (Å²) in [4.78, 5) is 12.6. The predicted molar refractivity (Wildman–Crippen MR) is 122 cm³/mol. The van der Waals surface area contributed by atoms with Gasteiger partial charge in [0.15, 0.2) is 0 Å². The number of anilines is 2. The summed E-state index contributed by atoms with van der Waals surface area (Å²) in [6, 6.07) is 3.99. The van der Waals surface area contributed by atoms with Crippen molar-refractivity contribution in [1.82, 2.24) is 14.5 Å². The van der Waals surface area contributed by atoms with Crippen molar-refractivity contribution in [2.45, 2.75) is 39.2 Å². The molecule has 0 spiro atoms. The fourth-order valence-corrected chi connectivity index (χ4v) is 5.24. The van der Waals surface area contributed by atoms with E-state index in [1.54, 1.807) is 25.4 Å². The Morgan fingerprint density at radius 2 is 2.03 bits per heavy atom. The molecule has 0 saturated carbocycles. The standard InChI is InChI=1S/C20H28ClN5O4S.Na.H/c1-14(2)8-15-9-16(21)11-17(10-15)23-20(27)24-31(28,29)26(18-4-6-30-7-5-18)19-12-22-25(3)13-19;;/h9-14,18H,4-8H2,1-3H3,(H2,23,24,27);;/q;+1;-1. The molecule has 0 aliphatic carbocycles. The molecule has 2 aromatic rings. The average molecular weight is 494 g/mol. The fourth-order valence-electron chi connectivity index (χ4n) is 3.62. The van der Waals surface area contributed by atoms with Crippen LogP contribution in [0.1, 0.15) is 33.7 Å². The summed E-state index contributed by atoms with van der Waals surface area (Å²) in [6.45, 7) is 5.06. The molecule has 1 aromatic heterocycles. The monoisotopic (exact) mass is 493 g/mol. The molecule has 1 saturated heterocycles. The van der Waals surface area contributed by atoms with Crippen molar-refractivity contribution in [3.05, 3.63) is 41.2 Å². The molecule has 0 atom stereocenters. The molecule has 2 heterocycles. The normalized spacial score (nSPS) is 14.7. The average Bonchev–Trinajstić information content (AvgIpc) is 3.06. The summed E-state index contributed by atoms with van der Waals surface area (Å²) in [6.07, 6.45) is 4.88. The van der Waals surface area contributed by atoms with E-state index in [-0.39, 0.29) is 37.0 Å². The third-order valence-corrected chi connectivity index (χ3v) is 6.50. The fraction of sp³-hybridized carbons (Fsp3) is 0.500. The summed E-state index contributed by atoms with van der Waals surface area (Å²) in [5.74, 6) is 0.410. The minimum atomic E-state index is -4.19. The van der Waals surface area contributed by atoms with Gasteiger partial charge in [-0.1, -0.05) is 25.4 Å². The molecule has 3 rings (SSSR count). The number of hydrogen-bond acceptors (Lipinski definition) is 5. The predicted octanol–water partition coefficient (Wildman–Crippen LogP) is 0.440. The van der Waals surface area contributed by atoms with Gasteiger partial charge >= 0.3 is 45.8 Å². The van der Waals surface area contributed by atoms with E-state index >= 15 is 0 Å². The number of urea groups is 1. The molecule has 1 fully saturated rings. The Labute approximate surface area is 217 Å². The van der Waals surface area contributed by atoms with Gasteiger partial charge in [-0.05, 0) is 48.9 Å². The van der Waals surface area contributed by atoms with Crippen LogP contribution in [0.4, 0.5) is 16.2 Å². The number of halogens is 1. The number of carbonyl (C=O) groups excluding carboxylic acids is 1. The Morgan fingerprint density at radius 1 is 1.34 bits per heavy atom. The number of amides is 2. The maximum Gasteiger partial charge on any atom is 1.00 e. The molecule has 1 aliphatic heterocycles. The van der Waals surface area contributed by atoms with Gasteiger partial charge in [-0.2, -0.15) is 13.5 Å². The van der Waals surface area contributed by atoms with Gasteiger partial charge in [0.25, 0.3) is 0 Å². The maximum atomic E-state index is 13.2. The van der Waals surface area contributed by atoms with Gasteiger partial charge in [0, 0.05) is 37.2 Å². The van der Waals surface area contributed by atoms with Gasteiger partial charge in [0.1, 0.15) is 0 Å². The number of aromatic nitrogens is 2. The van der Waals surface area contributed by atoms with Crippen LogP contribution < -0.4 is 43.9 Å². The molecule has 12 heteroatoms. The van der Waals surface area contributed by atoms with Gasteiger partial charge in [0.05, 0.1) is 17.9 Å². The number of nitrogens with zero attached hydrogens (tertiary/aromatic N) is 3. The molecule has 2 amide bonds. The van der Waals surface area contributed by atoms with Crippen LogP contribution in [-0.4, -0.2) is 43.5 Å². The Kier molecular flexibility index (Phi) is 9.86. The second-order valence-electron chi connectivity index (χ2n) is 8.02. The first-order chi connectivity index (χ1) is 14.6. The van der Waals surface area contributed by atoms with E-state index in [1.165, 1.54) is 15.2 Å². The van der Waals surface area contributed by atoms with Gasteiger partial charge in [-0.3, -0.25) is 4.68 Å². The van der Waals surface area contributed by atoms with Gasteiger partial charge < -0.3 is 11.5 Å². The van der Waals surface area contributed by atoms with E-state index in [4.69, 9.17) is 16.3 Å². The quantitative estimate of drug-likeness (QED) is 0.544. The zero-order valence-corrected chi connectivity index (χ0v) is 22.4. The molecular formula is C20H29ClN5NaO4S. The summed E-state index contributed by atoms with van der Waals surface area (Å²) in [5.41, 5.74) is 1.77. The summed E-state index contributed by atoms with van der Waals surface area (Å²) in [7, 11) is -2.49. The topological polar surface area (TPSA) is 106 Å². The van der Waals surface area contributed by atoms with Crippen molar-refractivity contribution in [3.63, 3.8) is 0 Å². The van der Waals surface area contributed by atoms with E-state index < -0.39 is 16.2 Å². The molecule has 1 aromatic carbocycles. The van der Waals surface area contributed by atoms with Crippen molar-refractivity contribution in [2.75, 3.05) is 22.8 Å². The van der Waals surface area contributed by atoms with E-state index in [0.29, 0.717) is 48.4 Å². The minimum Gasteiger partial charge on any atom is -1.00 e. The zero-order chi connectivity index (χ0) is 22.6. The van der Waals surface area contributed by atoms with Crippen molar-refractivity contribution in [3.8, 4) is 0 Å². The Hall–Kier alpha value is -1.30. The van der Waals surface area contributed by atoms with Crippen LogP contribution in [0.2, 0.25) is 5.02 Å². The number of carbonyl (C=O) groups is 1. The van der Waals surface area contributed by atoms with Gasteiger partial charge in [-0.25, -0.2) is 13.8 Å². The molecule has 0 bridgehead atoms.